The molecule has 0 aliphatic rings. The Morgan fingerprint density at radius 1 is 1.17 bits per heavy atom. The van der Waals surface area contributed by atoms with E-state index in [1.54, 1.807) is 6.07 Å². The zero-order valence-electron chi connectivity index (χ0n) is 10.3. The van der Waals surface area contributed by atoms with Crippen LogP contribution in [0.4, 0.5) is 0 Å². The molecule has 1 aromatic carbocycles. The summed E-state index contributed by atoms with van der Waals surface area (Å²) in [6.45, 7) is 5.97. The van der Waals surface area contributed by atoms with Crippen molar-refractivity contribution in [2.75, 3.05) is 0 Å². The van der Waals surface area contributed by atoms with Crippen molar-refractivity contribution in [3.05, 3.63) is 54.1 Å². The number of hydrogen-bond donors (Lipinski definition) is 0. The van der Waals surface area contributed by atoms with Gasteiger partial charge in [0.1, 0.15) is 0 Å². The largest absolute Gasteiger partial charge is 0.288 e. The normalized spacial score (nSPS) is 10.7. The van der Waals surface area contributed by atoms with Crippen molar-refractivity contribution in [1.82, 2.24) is 0 Å². The molecule has 0 bridgehead atoms. The average Bonchev–Trinajstić information content (AvgIpc) is 2.57. The summed E-state index contributed by atoms with van der Waals surface area (Å²) < 4.78 is 0.801. The molecule has 2 rings (SSSR count). The van der Waals surface area contributed by atoms with Gasteiger partial charge in [-0.1, -0.05) is 29.3 Å². The molecule has 1 nitrogen and oxygen atoms in total. The Balaban J connectivity index is 2.52. The zero-order valence-corrected chi connectivity index (χ0v) is 13.5. The molecular formula is C14H12BrClOS. The van der Waals surface area contributed by atoms with Gasteiger partial charge in [0.2, 0.25) is 5.78 Å². The predicted octanol–water partition coefficient (Wildman–Crippen LogP) is 5.32. The van der Waals surface area contributed by atoms with E-state index in [9.17, 15) is 4.79 Å². The molecule has 1 heterocycles. The van der Waals surface area contributed by atoms with Crippen molar-refractivity contribution in [3.63, 3.8) is 0 Å². The molecule has 0 aliphatic heterocycles. The number of carbonyl (C=O) groups is 1. The van der Waals surface area contributed by atoms with E-state index in [0.717, 1.165) is 20.5 Å². The standard InChI is InChI=1S/C14H12BrClOS/c1-7-4-8(2)12(9(3)5-7)13(17)11-6-10(16)14(15)18-11/h4-6H,1-3H3. The van der Waals surface area contributed by atoms with Gasteiger partial charge in [-0.05, 0) is 53.9 Å². The highest BCUT2D eigenvalue weighted by atomic mass is 79.9. The van der Waals surface area contributed by atoms with Crippen LogP contribution in [0.2, 0.25) is 5.02 Å². The first-order chi connectivity index (χ1) is 8.40. The first-order valence-corrected chi connectivity index (χ1v) is 7.46. The molecule has 4 heteroatoms. The molecule has 2 aromatic rings. The molecule has 0 saturated carbocycles. The van der Waals surface area contributed by atoms with E-state index in [0.29, 0.717) is 9.90 Å². The van der Waals surface area contributed by atoms with E-state index in [-0.39, 0.29) is 5.78 Å². The monoisotopic (exact) mass is 342 g/mol. The Kier molecular flexibility index (Phi) is 3.95. The summed E-state index contributed by atoms with van der Waals surface area (Å²) in [4.78, 5) is 13.2. The SMILES string of the molecule is Cc1cc(C)c(C(=O)c2cc(Cl)c(Br)s2)c(C)c1. The fourth-order valence-corrected chi connectivity index (χ4v) is 3.77. The Morgan fingerprint density at radius 3 is 2.17 bits per heavy atom. The van der Waals surface area contributed by atoms with Gasteiger partial charge in [0.25, 0.3) is 0 Å². The van der Waals surface area contributed by atoms with Gasteiger partial charge in [0.05, 0.1) is 13.7 Å². The van der Waals surface area contributed by atoms with Crippen LogP contribution in [-0.2, 0) is 0 Å². The molecule has 0 unspecified atom stereocenters. The van der Waals surface area contributed by atoms with Gasteiger partial charge in [0.15, 0.2) is 0 Å². The Bertz CT molecular complexity index is 588. The van der Waals surface area contributed by atoms with Crippen molar-refractivity contribution in [1.29, 1.82) is 0 Å². The predicted molar refractivity (Wildman–Crippen MR) is 81.1 cm³/mol. The summed E-state index contributed by atoms with van der Waals surface area (Å²) in [7, 11) is 0. The van der Waals surface area contributed by atoms with Crippen LogP contribution in [0.3, 0.4) is 0 Å². The average molecular weight is 344 g/mol. The number of thiophene rings is 1. The third kappa shape index (κ3) is 2.53. The highest BCUT2D eigenvalue weighted by Gasteiger charge is 2.18. The van der Waals surface area contributed by atoms with Crippen LogP contribution in [0.15, 0.2) is 22.0 Å². The summed E-state index contributed by atoms with van der Waals surface area (Å²) in [5.74, 6) is 0.0441. The lowest BCUT2D eigenvalue weighted by atomic mass is 9.96. The number of halogens is 2. The third-order valence-electron chi connectivity index (χ3n) is 2.77. The molecule has 0 N–H and O–H groups in total. The first-order valence-electron chi connectivity index (χ1n) is 5.47. The molecule has 0 aliphatic carbocycles. The van der Waals surface area contributed by atoms with E-state index in [1.807, 2.05) is 32.9 Å². The van der Waals surface area contributed by atoms with Gasteiger partial charge in [-0.2, -0.15) is 0 Å². The summed E-state index contributed by atoms with van der Waals surface area (Å²) >= 11 is 10.7. The fraction of sp³-hybridized carbons (Fsp3) is 0.214. The minimum absolute atomic E-state index is 0.0441. The van der Waals surface area contributed by atoms with Crippen LogP contribution in [-0.4, -0.2) is 5.78 Å². The smallest absolute Gasteiger partial charge is 0.203 e. The maximum atomic E-state index is 12.5. The maximum absolute atomic E-state index is 12.5. The van der Waals surface area contributed by atoms with E-state index < -0.39 is 0 Å². The highest BCUT2D eigenvalue weighted by molar-refractivity contribution is 9.11. The first kappa shape index (κ1) is 13.8. The van der Waals surface area contributed by atoms with Crippen LogP contribution in [0.25, 0.3) is 0 Å². The molecule has 94 valence electrons. The molecule has 0 spiro atoms. The van der Waals surface area contributed by atoms with Crippen molar-refractivity contribution in [2.24, 2.45) is 0 Å². The van der Waals surface area contributed by atoms with Crippen molar-refractivity contribution < 1.29 is 4.79 Å². The minimum atomic E-state index is 0.0441. The van der Waals surface area contributed by atoms with Crippen LogP contribution in [0.1, 0.15) is 31.9 Å². The fourth-order valence-electron chi connectivity index (χ4n) is 2.12. The van der Waals surface area contributed by atoms with Crippen molar-refractivity contribution >= 4 is 44.7 Å². The van der Waals surface area contributed by atoms with Crippen molar-refractivity contribution in [3.8, 4) is 0 Å². The second-order valence-corrected chi connectivity index (χ2v) is 7.11. The molecule has 0 atom stereocenters. The summed E-state index contributed by atoms with van der Waals surface area (Å²) in [5, 5.41) is 0.589. The molecule has 0 amide bonds. The summed E-state index contributed by atoms with van der Waals surface area (Å²) in [5.41, 5.74) is 3.98. The Morgan fingerprint density at radius 2 is 1.72 bits per heavy atom. The Hall–Kier alpha value is -0.640. The van der Waals surface area contributed by atoms with E-state index in [1.165, 1.54) is 16.9 Å². The molecule has 18 heavy (non-hydrogen) atoms. The molecule has 0 radical (unpaired) electrons. The number of rotatable bonds is 2. The van der Waals surface area contributed by atoms with E-state index >= 15 is 0 Å². The van der Waals surface area contributed by atoms with E-state index in [4.69, 9.17) is 11.6 Å². The molecule has 1 aromatic heterocycles. The lowest BCUT2D eigenvalue weighted by Crippen LogP contribution is -2.05. The number of ketones is 1. The third-order valence-corrected chi connectivity index (χ3v) is 5.25. The number of benzene rings is 1. The van der Waals surface area contributed by atoms with Gasteiger partial charge in [-0.15, -0.1) is 11.3 Å². The lowest BCUT2D eigenvalue weighted by molar-refractivity contribution is 0.104. The minimum Gasteiger partial charge on any atom is -0.288 e. The lowest BCUT2D eigenvalue weighted by Gasteiger charge is -2.09. The molecular weight excluding hydrogens is 332 g/mol. The second kappa shape index (κ2) is 5.16. The van der Waals surface area contributed by atoms with E-state index in [2.05, 4.69) is 15.9 Å². The zero-order chi connectivity index (χ0) is 13.4. The van der Waals surface area contributed by atoms with Gasteiger partial charge in [-0.3, -0.25) is 4.79 Å². The highest BCUT2D eigenvalue weighted by Crippen LogP contribution is 2.34. The van der Waals surface area contributed by atoms with Gasteiger partial charge in [0, 0.05) is 5.56 Å². The van der Waals surface area contributed by atoms with Gasteiger partial charge < -0.3 is 0 Å². The molecule has 0 saturated heterocycles. The molecule has 0 fully saturated rings. The van der Waals surface area contributed by atoms with Crippen LogP contribution < -0.4 is 0 Å². The maximum Gasteiger partial charge on any atom is 0.203 e. The van der Waals surface area contributed by atoms with Crippen molar-refractivity contribution in [2.45, 2.75) is 20.8 Å². The number of aryl methyl sites for hydroxylation is 3. The number of carbonyl (C=O) groups excluding carboxylic acids is 1. The topological polar surface area (TPSA) is 17.1 Å². The summed E-state index contributed by atoms with van der Waals surface area (Å²) in [6, 6.07) is 5.78. The summed E-state index contributed by atoms with van der Waals surface area (Å²) in [6.07, 6.45) is 0. The Labute approximate surface area is 124 Å². The second-order valence-electron chi connectivity index (χ2n) is 4.34. The quantitative estimate of drug-likeness (QED) is 0.674. The van der Waals surface area contributed by atoms with Gasteiger partial charge in [-0.25, -0.2) is 0 Å². The number of hydrogen-bond acceptors (Lipinski definition) is 2. The van der Waals surface area contributed by atoms with Crippen LogP contribution in [0.5, 0.6) is 0 Å². The van der Waals surface area contributed by atoms with Crippen LogP contribution >= 0.6 is 38.9 Å². The van der Waals surface area contributed by atoms with Gasteiger partial charge >= 0.3 is 0 Å². The van der Waals surface area contributed by atoms with Crippen LogP contribution in [0, 0.1) is 20.8 Å².